The van der Waals surface area contributed by atoms with E-state index in [0.29, 0.717) is 0 Å². The summed E-state index contributed by atoms with van der Waals surface area (Å²) in [5, 5.41) is 7.17. The lowest BCUT2D eigenvalue weighted by molar-refractivity contribution is 0.416. The van der Waals surface area contributed by atoms with Gasteiger partial charge in [0.05, 0.1) is 12.6 Å². The van der Waals surface area contributed by atoms with Gasteiger partial charge in [-0.2, -0.15) is 0 Å². The predicted molar refractivity (Wildman–Crippen MR) is 107 cm³/mol. The van der Waals surface area contributed by atoms with E-state index in [4.69, 9.17) is 4.74 Å². The Morgan fingerprint density at radius 2 is 1.88 bits per heavy atom. The molecule has 1 aliphatic rings. The minimum absolute atomic E-state index is 0.0395. The number of benzene rings is 2. The second-order valence-electron chi connectivity index (χ2n) is 7.15. The van der Waals surface area contributed by atoms with Crippen molar-refractivity contribution in [2.24, 2.45) is 0 Å². The quantitative estimate of drug-likeness (QED) is 0.732. The van der Waals surface area contributed by atoms with Crippen LogP contribution in [0.4, 0.5) is 5.69 Å². The molecule has 0 aromatic heterocycles. The molecule has 2 aromatic carbocycles. The first-order chi connectivity index (χ1) is 12.0. The third-order valence-electron chi connectivity index (χ3n) is 4.52. The predicted octanol–water partition coefficient (Wildman–Crippen LogP) is 4.95. The van der Waals surface area contributed by atoms with Crippen molar-refractivity contribution >= 4 is 11.3 Å². The molecule has 0 fully saturated rings. The molecule has 2 aromatic rings. The topological polar surface area (TPSA) is 33.3 Å². The Kier molecular flexibility index (Phi) is 5.14. The molecule has 1 heterocycles. The van der Waals surface area contributed by atoms with Crippen LogP contribution in [0.3, 0.4) is 0 Å². The van der Waals surface area contributed by atoms with Crippen LogP contribution in [0.5, 0.6) is 5.75 Å². The number of ether oxygens (including phenoxy) is 1. The smallest absolute Gasteiger partial charge is 0.126 e. The molecule has 132 valence electrons. The molecular formula is C22H28N2O. The second kappa shape index (κ2) is 7.32. The van der Waals surface area contributed by atoms with Gasteiger partial charge in [0.2, 0.25) is 0 Å². The van der Waals surface area contributed by atoms with Crippen LogP contribution in [0.25, 0.3) is 16.7 Å². The summed E-state index contributed by atoms with van der Waals surface area (Å²) in [6.45, 7) is 8.54. The maximum absolute atomic E-state index is 5.54. The van der Waals surface area contributed by atoms with Crippen molar-refractivity contribution in [3.05, 3.63) is 54.1 Å². The summed E-state index contributed by atoms with van der Waals surface area (Å²) >= 11 is 0. The molecule has 3 rings (SSSR count). The van der Waals surface area contributed by atoms with Crippen molar-refractivity contribution in [2.75, 3.05) is 25.5 Å². The van der Waals surface area contributed by atoms with Crippen LogP contribution in [-0.2, 0) is 0 Å². The first kappa shape index (κ1) is 17.6. The highest BCUT2D eigenvalue weighted by molar-refractivity contribution is 5.86. The zero-order chi connectivity index (χ0) is 17.9. The molecule has 0 saturated carbocycles. The van der Waals surface area contributed by atoms with Gasteiger partial charge in [-0.3, -0.25) is 0 Å². The fourth-order valence-electron chi connectivity index (χ4n) is 3.41. The van der Waals surface area contributed by atoms with E-state index in [1.807, 2.05) is 12.1 Å². The Hall–Kier alpha value is -2.26. The van der Waals surface area contributed by atoms with Crippen LogP contribution in [-0.4, -0.2) is 25.7 Å². The fraction of sp³-hybridized carbons (Fsp3) is 0.364. The van der Waals surface area contributed by atoms with Crippen molar-refractivity contribution in [1.29, 1.82) is 0 Å². The highest BCUT2D eigenvalue weighted by Gasteiger charge is 2.24. The van der Waals surface area contributed by atoms with E-state index in [1.54, 1.807) is 7.11 Å². The molecule has 0 radical (unpaired) electrons. The van der Waals surface area contributed by atoms with Gasteiger partial charge in [0.15, 0.2) is 0 Å². The number of hydrogen-bond acceptors (Lipinski definition) is 3. The van der Waals surface area contributed by atoms with Gasteiger partial charge >= 0.3 is 0 Å². The number of methoxy groups -OCH3 is 1. The van der Waals surface area contributed by atoms with Crippen LogP contribution in [0.2, 0.25) is 0 Å². The van der Waals surface area contributed by atoms with Gasteiger partial charge in [-0.05, 0) is 56.1 Å². The number of anilines is 1. The van der Waals surface area contributed by atoms with Crippen molar-refractivity contribution in [1.82, 2.24) is 5.32 Å². The molecule has 25 heavy (non-hydrogen) atoms. The summed E-state index contributed by atoms with van der Waals surface area (Å²) in [5.74, 6) is 0.904. The van der Waals surface area contributed by atoms with Gasteiger partial charge in [-0.15, -0.1) is 0 Å². The lowest BCUT2D eigenvalue weighted by atomic mass is 9.88. The molecule has 3 nitrogen and oxygen atoms in total. The molecule has 0 unspecified atom stereocenters. The molecule has 0 aliphatic carbocycles. The minimum Gasteiger partial charge on any atom is -0.496 e. The van der Waals surface area contributed by atoms with Gasteiger partial charge in [-0.1, -0.05) is 37.3 Å². The van der Waals surface area contributed by atoms with E-state index >= 15 is 0 Å². The minimum atomic E-state index is -0.0395. The van der Waals surface area contributed by atoms with E-state index in [-0.39, 0.29) is 5.54 Å². The molecule has 1 aliphatic heterocycles. The largest absolute Gasteiger partial charge is 0.496 e. The third-order valence-corrected chi connectivity index (χ3v) is 4.52. The number of hydrogen-bond donors (Lipinski definition) is 2. The van der Waals surface area contributed by atoms with Crippen LogP contribution < -0.4 is 15.4 Å². The highest BCUT2D eigenvalue weighted by atomic mass is 16.5. The van der Waals surface area contributed by atoms with Gasteiger partial charge in [0, 0.05) is 23.4 Å². The third kappa shape index (κ3) is 3.88. The SMILES string of the molecule is CCCNCC1=CC(C)(C)Nc2ccc(-c3ccccc3OC)cc21. The van der Waals surface area contributed by atoms with E-state index in [1.165, 1.54) is 22.4 Å². The average molecular weight is 336 g/mol. The van der Waals surface area contributed by atoms with Gasteiger partial charge < -0.3 is 15.4 Å². The molecule has 0 atom stereocenters. The summed E-state index contributed by atoms with van der Waals surface area (Å²) in [6, 6.07) is 14.8. The zero-order valence-corrected chi connectivity index (χ0v) is 15.6. The maximum Gasteiger partial charge on any atom is 0.126 e. The standard InChI is InChI=1S/C22H28N2O/c1-5-12-23-15-17-14-22(2,3)24-20-11-10-16(13-19(17)20)18-8-6-7-9-21(18)25-4/h6-11,13-14,23-24H,5,12,15H2,1-4H3. The Morgan fingerprint density at radius 1 is 1.08 bits per heavy atom. The van der Waals surface area contributed by atoms with Crippen molar-refractivity contribution in [2.45, 2.75) is 32.7 Å². The molecule has 0 amide bonds. The van der Waals surface area contributed by atoms with Crippen molar-refractivity contribution < 1.29 is 4.74 Å². The number of para-hydroxylation sites is 1. The van der Waals surface area contributed by atoms with Crippen LogP contribution >= 0.6 is 0 Å². The summed E-state index contributed by atoms with van der Waals surface area (Å²) < 4.78 is 5.54. The van der Waals surface area contributed by atoms with E-state index in [9.17, 15) is 0 Å². The lowest BCUT2D eigenvalue weighted by Crippen LogP contribution is -2.33. The molecule has 3 heteroatoms. The van der Waals surface area contributed by atoms with Crippen LogP contribution in [0, 0.1) is 0 Å². The molecule has 2 N–H and O–H groups in total. The summed E-state index contributed by atoms with van der Waals surface area (Å²) in [5.41, 5.74) is 6.08. The Morgan fingerprint density at radius 3 is 2.64 bits per heavy atom. The molecular weight excluding hydrogens is 308 g/mol. The first-order valence-corrected chi connectivity index (χ1v) is 9.02. The van der Waals surface area contributed by atoms with E-state index < -0.39 is 0 Å². The van der Waals surface area contributed by atoms with Gasteiger partial charge in [0.1, 0.15) is 5.75 Å². The van der Waals surface area contributed by atoms with E-state index in [2.05, 4.69) is 67.8 Å². The van der Waals surface area contributed by atoms with Crippen LogP contribution in [0.1, 0.15) is 32.8 Å². The molecule has 0 bridgehead atoms. The van der Waals surface area contributed by atoms with Crippen molar-refractivity contribution in [3.63, 3.8) is 0 Å². The Labute approximate surface area is 151 Å². The Bertz CT molecular complexity index is 777. The lowest BCUT2D eigenvalue weighted by Gasteiger charge is -2.33. The average Bonchev–Trinajstić information content (AvgIpc) is 2.60. The molecule has 0 spiro atoms. The van der Waals surface area contributed by atoms with Gasteiger partial charge in [0.25, 0.3) is 0 Å². The Balaban J connectivity index is 2.01. The first-order valence-electron chi connectivity index (χ1n) is 9.02. The fourth-order valence-corrected chi connectivity index (χ4v) is 3.41. The number of rotatable bonds is 6. The van der Waals surface area contributed by atoms with Gasteiger partial charge in [-0.25, -0.2) is 0 Å². The summed E-state index contributed by atoms with van der Waals surface area (Å²) in [4.78, 5) is 0. The van der Waals surface area contributed by atoms with Crippen molar-refractivity contribution in [3.8, 4) is 16.9 Å². The zero-order valence-electron chi connectivity index (χ0n) is 15.6. The number of fused-ring (bicyclic) bond motifs is 1. The second-order valence-corrected chi connectivity index (χ2v) is 7.15. The summed E-state index contributed by atoms with van der Waals surface area (Å²) in [7, 11) is 1.72. The number of nitrogens with one attached hydrogen (secondary N) is 2. The normalized spacial score (nSPS) is 15.1. The van der Waals surface area contributed by atoms with Crippen LogP contribution in [0.15, 0.2) is 48.5 Å². The highest BCUT2D eigenvalue weighted by Crippen LogP contribution is 2.38. The van der Waals surface area contributed by atoms with E-state index in [0.717, 1.165) is 30.8 Å². The summed E-state index contributed by atoms with van der Waals surface area (Å²) in [6.07, 6.45) is 3.48. The molecule has 0 saturated heterocycles. The maximum atomic E-state index is 5.54. The monoisotopic (exact) mass is 336 g/mol.